The minimum Gasteiger partial charge on any atom is -0.481 e. The molecule has 0 spiro atoms. The average molecular weight is 358 g/mol. The zero-order valence-corrected chi connectivity index (χ0v) is 15.6. The molecule has 0 bridgehead atoms. The third kappa shape index (κ3) is 5.82. The standard InChI is InChI=1S/C25H26O2/c26-24(27)20-25(18-22-12-6-2-7-13-22,19-23-14-8-3-9-15-23)17-16-21-10-4-1-5-11-21/h1-15H,16-20H2,(H,26,27). The fourth-order valence-electron chi connectivity index (χ4n) is 3.89. The van der Waals surface area contributed by atoms with E-state index in [0.29, 0.717) is 0 Å². The van der Waals surface area contributed by atoms with Crippen LogP contribution in [0.15, 0.2) is 91.0 Å². The number of hydrogen-bond donors (Lipinski definition) is 1. The Morgan fingerprint density at radius 2 is 1.07 bits per heavy atom. The Morgan fingerprint density at radius 1 is 0.667 bits per heavy atom. The summed E-state index contributed by atoms with van der Waals surface area (Å²) >= 11 is 0. The fourth-order valence-corrected chi connectivity index (χ4v) is 3.89. The molecule has 0 fully saturated rings. The molecule has 0 saturated carbocycles. The third-order valence-electron chi connectivity index (χ3n) is 5.16. The van der Waals surface area contributed by atoms with E-state index in [4.69, 9.17) is 0 Å². The molecule has 0 atom stereocenters. The molecule has 3 rings (SSSR count). The van der Waals surface area contributed by atoms with Crippen molar-refractivity contribution in [2.45, 2.75) is 32.1 Å². The largest absolute Gasteiger partial charge is 0.481 e. The van der Waals surface area contributed by atoms with E-state index >= 15 is 0 Å². The second-order valence-electron chi connectivity index (χ2n) is 7.38. The monoisotopic (exact) mass is 358 g/mol. The second-order valence-corrected chi connectivity index (χ2v) is 7.38. The van der Waals surface area contributed by atoms with E-state index in [-0.39, 0.29) is 11.8 Å². The van der Waals surface area contributed by atoms with Crippen LogP contribution in [0, 0.1) is 5.41 Å². The van der Waals surface area contributed by atoms with Gasteiger partial charge < -0.3 is 5.11 Å². The zero-order valence-electron chi connectivity index (χ0n) is 15.6. The SMILES string of the molecule is O=C(O)CC(CCc1ccccc1)(Cc1ccccc1)Cc1ccccc1. The Morgan fingerprint density at radius 3 is 1.48 bits per heavy atom. The first-order chi connectivity index (χ1) is 13.2. The highest BCUT2D eigenvalue weighted by molar-refractivity contribution is 5.68. The van der Waals surface area contributed by atoms with Gasteiger partial charge in [-0.25, -0.2) is 0 Å². The number of benzene rings is 3. The molecule has 0 aliphatic rings. The summed E-state index contributed by atoms with van der Waals surface area (Å²) in [7, 11) is 0. The highest BCUT2D eigenvalue weighted by Crippen LogP contribution is 2.37. The molecule has 3 aromatic carbocycles. The van der Waals surface area contributed by atoms with Gasteiger partial charge in [-0.2, -0.15) is 0 Å². The van der Waals surface area contributed by atoms with E-state index in [1.165, 1.54) is 16.7 Å². The van der Waals surface area contributed by atoms with Crippen molar-refractivity contribution in [3.8, 4) is 0 Å². The van der Waals surface area contributed by atoms with Crippen LogP contribution in [0.2, 0.25) is 0 Å². The van der Waals surface area contributed by atoms with E-state index in [1.807, 2.05) is 54.6 Å². The summed E-state index contributed by atoms with van der Waals surface area (Å²) in [5.41, 5.74) is 3.34. The van der Waals surface area contributed by atoms with Crippen molar-refractivity contribution in [2.75, 3.05) is 0 Å². The van der Waals surface area contributed by atoms with Crippen molar-refractivity contribution >= 4 is 5.97 Å². The summed E-state index contributed by atoms with van der Waals surface area (Å²) in [6.07, 6.45) is 3.42. The molecule has 0 saturated heterocycles. The van der Waals surface area contributed by atoms with Gasteiger partial charge in [0.1, 0.15) is 0 Å². The van der Waals surface area contributed by atoms with Gasteiger partial charge in [-0.1, -0.05) is 91.0 Å². The summed E-state index contributed by atoms with van der Waals surface area (Å²) in [4.78, 5) is 11.8. The molecule has 2 heteroatoms. The van der Waals surface area contributed by atoms with Gasteiger partial charge in [-0.3, -0.25) is 4.79 Å². The number of rotatable bonds is 9. The molecule has 0 heterocycles. The fraction of sp³-hybridized carbons (Fsp3) is 0.240. The molecule has 3 aromatic rings. The molecule has 1 N–H and O–H groups in total. The topological polar surface area (TPSA) is 37.3 Å². The number of carboxylic acids is 1. The highest BCUT2D eigenvalue weighted by Gasteiger charge is 2.33. The minimum atomic E-state index is -0.727. The van der Waals surface area contributed by atoms with Gasteiger partial charge in [0.05, 0.1) is 6.42 Å². The van der Waals surface area contributed by atoms with E-state index in [0.717, 1.165) is 25.7 Å². The van der Waals surface area contributed by atoms with E-state index in [9.17, 15) is 9.90 Å². The van der Waals surface area contributed by atoms with Crippen molar-refractivity contribution in [1.29, 1.82) is 0 Å². The number of carbonyl (C=O) groups is 1. The number of carboxylic acid groups (broad SMARTS) is 1. The molecule has 0 amide bonds. The lowest BCUT2D eigenvalue weighted by Crippen LogP contribution is -2.30. The highest BCUT2D eigenvalue weighted by atomic mass is 16.4. The molecule has 2 nitrogen and oxygen atoms in total. The van der Waals surface area contributed by atoms with Crippen molar-refractivity contribution in [3.63, 3.8) is 0 Å². The van der Waals surface area contributed by atoms with E-state index in [1.54, 1.807) is 0 Å². The molecule has 0 aromatic heterocycles. The Hall–Kier alpha value is -2.87. The minimum absolute atomic E-state index is 0.170. The Balaban J connectivity index is 1.90. The number of aryl methyl sites for hydroxylation is 1. The van der Waals surface area contributed by atoms with Gasteiger partial charge in [-0.15, -0.1) is 0 Å². The molecule has 0 radical (unpaired) electrons. The van der Waals surface area contributed by atoms with Crippen molar-refractivity contribution in [2.24, 2.45) is 5.41 Å². The van der Waals surface area contributed by atoms with Gasteiger partial charge in [0.15, 0.2) is 0 Å². The normalized spacial score (nSPS) is 11.3. The van der Waals surface area contributed by atoms with Crippen LogP contribution in [0.25, 0.3) is 0 Å². The second kappa shape index (κ2) is 9.18. The first kappa shape index (κ1) is 18.9. The first-order valence-electron chi connectivity index (χ1n) is 9.49. The van der Waals surface area contributed by atoms with Crippen LogP contribution in [0.5, 0.6) is 0 Å². The van der Waals surface area contributed by atoms with Gasteiger partial charge in [0, 0.05) is 0 Å². The summed E-state index contributed by atoms with van der Waals surface area (Å²) < 4.78 is 0. The third-order valence-corrected chi connectivity index (χ3v) is 5.16. The maximum atomic E-state index is 11.8. The average Bonchev–Trinajstić information content (AvgIpc) is 2.68. The summed E-state index contributed by atoms with van der Waals surface area (Å²) in [5, 5.41) is 9.70. The maximum Gasteiger partial charge on any atom is 0.303 e. The molecule has 0 aliphatic carbocycles. The number of aliphatic carboxylic acids is 1. The lowest BCUT2D eigenvalue weighted by molar-refractivity contribution is -0.139. The van der Waals surface area contributed by atoms with Crippen LogP contribution < -0.4 is 0 Å². The van der Waals surface area contributed by atoms with Gasteiger partial charge in [0.25, 0.3) is 0 Å². The van der Waals surface area contributed by atoms with Crippen molar-refractivity contribution in [3.05, 3.63) is 108 Å². The predicted octanol–water partition coefficient (Wildman–Crippen LogP) is 5.57. The molecule has 0 unspecified atom stereocenters. The Bertz CT molecular complexity index is 784. The van der Waals surface area contributed by atoms with Gasteiger partial charge in [0.2, 0.25) is 0 Å². The molecular weight excluding hydrogens is 332 g/mol. The van der Waals surface area contributed by atoms with Crippen LogP contribution in [-0.4, -0.2) is 11.1 Å². The van der Waals surface area contributed by atoms with Crippen LogP contribution in [-0.2, 0) is 24.1 Å². The summed E-state index contributed by atoms with van der Waals surface area (Å²) in [5.74, 6) is -0.727. The lowest BCUT2D eigenvalue weighted by atomic mass is 9.70. The Labute approximate surface area is 161 Å². The molecule has 138 valence electrons. The van der Waals surface area contributed by atoms with Gasteiger partial charge in [-0.05, 0) is 47.8 Å². The summed E-state index contributed by atoms with van der Waals surface area (Å²) in [6.45, 7) is 0. The van der Waals surface area contributed by atoms with Crippen LogP contribution >= 0.6 is 0 Å². The van der Waals surface area contributed by atoms with E-state index in [2.05, 4.69) is 36.4 Å². The van der Waals surface area contributed by atoms with Crippen molar-refractivity contribution < 1.29 is 9.90 Å². The number of hydrogen-bond acceptors (Lipinski definition) is 1. The van der Waals surface area contributed by atoms with Crippen molar-refractivity contribution in [1.82, 2.24) is 0 Å². The van der Waals surface area contributed by atoms with Crippen LogP contribution in [0.4, 0.5) is 0 Å². The first-order valence-corrected chi connectivity index (χ1v) is 9.49. The predicted molar refractivity (Wildman–Crippen MR) is 110 cm³/mol. The Kier molecular flexibility index (Phi) is 6.43. The summed E-state index contributed by atoms with van der Waals surface area (Å²) in [6, 6.07) is 30.9. The smallest absolute Gasteiger partial charge is 0.303 e. The van der Waals surface area contributed by atoms with Gasteiger partial charge >= 0.3 is 5.97 Å². The molecule has 27 heavy (non-hydrogen) atoms. The van der Waals surface area contributed by atoms with Crippen LogP contribution in [0.1, 0.15) is 29.5 Å². The van der Waals surface area contributed by atoms with E-state index < -0.39 is 5.97 Å². The quantitative estimate of drug-likeness (QED) is 0.543. The maximum absolute atomic E-state index is 11.8. The van der Waals surface area contributed by atoms with Crippen LogP contribution in [0.3, 0.4) is 0 Å². The molecular formula is C25H26O2. The zero-order chi connectivity index (χ0) is 19.0. The molecule has 0 aliphatic heterocycles. The lowest BCUT2D eigenvalue weighted by Gasteiger charge is -2.33.